The van der Waals surface area contributed by atoms with Gasteiger partial charge in [-0.1, -0.05) is 30.1 Å². The van der Waals surface area contributed by atoms with Crippen molar-refractivity contribution in [2.75, 3.05) is 18.9 Å². The van der Waals surface area contributed by atoms with E-state index < -0.39 is 5.97 Å². The lowest BCUT2D eigenvalue weighted by Crippen LogP contribution is -2.29. The zero-order valence-electron chi connectivity index (χ0n) is 10.3. The van der Waals surface area contributed by atoms with Gasteiger partial charge in [0.15, 0.2) is 6.61 Å². The summed E-state index contributed by atoms with van der Waals surface area (Å²) in [7, 11) is 0. The number of nitrogen functional groups attached to an aromatic ring is 1. The normalized spacial score (nSPS) is 10.1. The lowest BCUT2D eigenvalue weighted by Gasteiger charge is -2.09. The molecule has 0 unspecified atom stereocenters. The van der Waals surface area contributed by atoms with Crippen molar-refractivity contribution in [2.45, 2.75) is 13.3 Å². The van der Waals surface area contributed by atoms with Crippen LogP contribution in [0.25, 0.3) is 0 Å². The summed E-state index contributed by atoms with van der Waals surface area (Å²) in [4.78, 5) is 23.0. The van der Waals surface area contributed by atoms with Gasteiger partial charge in [-0.15, -0.1) is 0 Å². The Labute approximate surface area is 121 Å². The van der Waals surface area contributed by atoms with Crippen LogP contribution in [-0.2, 0) is 9.53 Å². The summed E-state index contributed by atoms with van der Waals surface area (Å²) in [6.45, 7) is 2.07. The molecule has 3 N–H and O–H groups in total. The Bertz CT molecular complexity index is 492. The molecule has 1 aromatic rings. The Morgan fingerprint density at radius 2 is 2.05 bits per heavy atom. The highest BCUT2D eigenvalue weighted by Gasteiger charge is 2.16. The number of halogens is 2. The number of carbonyl (C=O) groups excluding carboxylic acids is 2. The van der Waals surface area contributed by atoms with Crippen molar-refractivity contribution in [3.05, 3.63) is 27.7 Å². The molecule has 7 heteroatoms. The molecule has 0 atom stereocenters. The molecule has 0 aliphatic rings. The molecule has 0 heterocycles. The fraction of sp³-hybridized carbons (Fsp3) is 0.333. The van der Waals surface area contributed by atoms with E-state index >= 15 is 0 Å². The van der Waals surface area contributed by atoms with E-state index in [9.17, 15) is 9.59 Å². The number of amides is 1. The second kappa shape index (κ2) is 7.21. The van der Waals surface area contributed by atoms with E-state index in [1.54, 1.807) is 0 Å². The molecule has 104 valence electrons. The molecule has 0 aliphatic heterocycles. The van der Waals surface area contributed by atoms with E-state index in [1.807, 2.05) is 6.92 Å². The molecule has 5 nitrogen and oxygen atoms in total. The summed E-state index contributed by atoms with van der Waals surface area (Å²) in [5.41, 5.74) is 5.76. The third-order valence-electron chi connectivity index (χ3n) is 2.22. The van der Waals surface area contributed by atoms with Gasteiger partial charge < -0.3 is 15.8 Å². The molecule has 0 aromatic heterocycles. The first-order chi connectivity index (χ1) is 8.95. The van der Waals surface area contributed by atoms with Crippen molar-refractivity contribution in [3.8, 4) is 0 Å². The van der Waals surface area contributed by atoms with Gasteiger partial charge in [-0.25, -0.2) is 4.79 Å². The molecule has 0 spiro atoms. The minimum atomic E-state index is -0.742. The van der Waals surface area contributed by atoms with Crippen LogP contribution in [0.3, 0.4) is 0 Å². The van der Waals surface area contributed by atoms with Gasteiger partial charge in [0.05, 0.1) is 16.3 Å². The molecule has 1 aromatic carbocycles. The van der Waals surface area contributed by atoms with Crippen molar-refractivity contribution in [1.82, 2.24) is 5.32 Å². The third kappa shape index (κ3) is 4.61. The minimum Gasteiger partial charge on any atom is -0.452 e. The Hall–Kier alpha value is -1.46. The monoisotopic (exact) mass is 304 g/mol. The summed E-state index contributed by atoms with van der Waals surface area (Å²) < 4.78 is 4.83. The van der Waals surface area contributed by atoms with Crippen molar-refractivity contribution in [2.24, 2.45) is 0 Å². The molecule has 19 heavy (non-hydrogen) atoms. The number of benzene rings is 1. The summed E-state index contributed by atoms with van der Waals surface area (Å²) in [6.07, 6.45) is 0.802. The first kappa shape index (κ1) is 15.6. The molecule has 0 fully saturated rings. The second-order valence-electron chi connectivity index (χ2n) is 3.77. The highest BCUT2D eigenvalue weighted by molar-refractivity contribution is 6.37. The van der Waals surface area contributed by atoms with Gasteiger partial charge in [-0.2, -0.15) is 0 Å². The average Bonchev–Trinajstić information content (AvgIpc) is 2.37. The lowest BCUT2D eigenvalue weighted by atomic mass is 10.2. The maximum atomic E-state index is 11.7. The summed E-state index contributed by atoms with van der Waals surface area (Å²) >= 11 is 11.6. The summed E-state index contributed by atoms with van der Waals surface area (Å²) in [5.74, 6) is -1.12. The van der Waals surface area contributed by atoms with Crippen molar-refractivity contribution < 1.29 is 14.3 Å². The lowest BCUT2D eigenvalue weighted by molar-refractivity contribution is -0.124. The smallest absolute Gasteiger partial charge is 0.340 e. The van der Waals surface area contributed by atoms with Crippen molar-refractivity contribution in [1.29, 1.82) is 0 Å². The third-order valence-corrected chi connectivity index (χ3v) is 2.75. The van der Waals surface area contributed by atoms with Crippen LogP contribution in [0.2, 0.25) is 10.0 Å². The molecule has 0 saturated carbocycles. The van der Waals surface area contributed by atoms with Crippen LogP contribution in [0.1, 0.15) is 23.7 Å². The Morgan fingerprint density at radius 3 is 2.68 bits per heavy atom. The number of anilines is 1. The minimum absolute atomic E-state index is 0.0424. The number of rotatable bonds is 5. The number of carbonyl (C=O) groups is 2. The Kier molecular flexibility index (Phi) is 5.92. The van der Waals surface area contributed by atoms with Gasteiger partial charge in [0.2, 0.25) is 0 Å². The molecular formula is C12H14Cl2N2O3. The zero-order chi connectivity index (χ0) is 14.4. The van der Waals surface area contributed by atoms with Crippen LogP contribution in [-0.4, -0.2) is 25.0 Å². The number of esters is 1. The van der Waals surface area contributed by atoms with Gasteiger partial charge >= 0.3 is 5.97 Å². The molecule has 0 bridgehead atoms. The second-order valence-corrected chi connectivity index (χ2v) is 4.62. The summed E-state index contributed by atoms with van der Waals surface area (Å²) in [5, 5.41) is 3.00. The van der Waals surface area contributed by atoms with E-state index in [1.165, 1.54) is 12.1 Å². The van der Waals surface area contributed by atoms with Gasteiger partial charge in [0.25, 0.3) is 5.91 Å². The van der Waals surface area contributed by atoms with E-state index in [0.29, 0.717) is 6.54 Å². The standard InChI is InChI=1S/C12H14Cl2N2O3/c1-2-3-16-10(17)6-19-12(18)8-4-7(13)5-9(14)11(8)15/h4-5H,2-3,6,15H2,1H3,(H,16,17). The maximum absolute atomic E-state index is 11.7. The zero-order valence-corrected chi connectivity index (χ0v) is 11.8. The van der Waals surface area contributed by atoms with Crippen LogP contribution >= 0.6 is 23.2 Å². The molecular weight excluding hydrogens is 291 g/mol. The molecule has 1 rings (SSSR count). The Balaban J connectivity index is 2.66. The van der Waals surface area contributed by atoms with Crippen molar-refractivity contribution in [3.63, 3.8) is 0 Å². The molecule has 0 radical (unpaired) electrons. The fourth-order valence-electron chi connectivity index (χ4n) is 1.28. The number of ether oxygens (including phenoxy) is 1. The SMILES string of the molecule is CCCNC(=O)COC(=O)c1cc(Cl)cc(Cl)c1N. The van der Waals surface area contributed by atoms with Gasteiger partial charge in [0, 0.05) is 11.6 Å². The predicted molar refractivity (Wildman–Crippen MR) is 74.5 cm³/mol. The topological polar surface area (TPSA) is 81.4 Å². The number of nitrogens with one attached hydrogen (secondary N) is 1. The highest BCUT2D eigenvalue weighted by atomic mass is 35.5. The van der Waals surface area contributed by atoms with Crippen LogP contribution < -0.4 is 11.1 Å². The predicted octanol–water partition coefficient (Wildman–Crippen LogP) is 2.26. The van der Waals surface area contributed by atoms with E-state index in [2.05, 4.69) is 5.32 Å². The Morgan fingerprint density at radius 1 is 1.37 bits per heavy atom. The molecule has 0 aliphatic carbocycles. The van der Waals surface area contributed by atoms with Crippen molar-refractivity contribution >= 4 is 40.8 Å². The molecule has 0 saturated heterocycles. The van der Waals surface area contributed by atoms with Gasteiger partial charge in [-0.05, 0) is 18.6 Å². The highest BCUT2D eigenvalue weighted by Crippen LogP contribution is 2.27. The number of hydrogen-bond acceptors (Lipinski definition) is 4. The first-order valence-corrected chi connectivity index (χ1v) is 6.39. The van der Waals surface area contributed by atoms with Gasteiger partial charge in [-0.3, -0.25) is 4.79 Å². The van der Waals surface area contributed by atoms with Gasteiger partial charge in [0.1, 0.15) is 0 Å². The van der Waals surface area contributed by atoms with Crippen LogP contribution in [0, 0.1) is 0 Å². The van der Waals surface area contributed by atoms with Crippen LogP contribution in [0.5, 0.6) is 0 Å². The number of nitrogens with two attached hydrogens (primary N) is 1. The maximum Gasteiger partial charge on any atom is 0.340 e. The van der Waals surface area contributed by atoms with Crippen LogP contribution in [0.4, 0.5) is 5.69 Å². The van der Waals surface area contributed by atoms with E-state index in [0.717, 1.165) is 6.42 Å². The first-order valence-electron chi connectivity index (χ1n) is 5.64. The molecule has 1 amide bonds. The largest absolute Gasteiger partial charge is 0.452 e. The summed E-state index contributed by atoms with van der Waals surface area (Å²) in [6, 6.07) is 2.76. The fourth-order valence-corrected chi connectivity index (χ4v) is 1.77. The average molecular weight is 305 g/mol. The van der Waals surface area contributed by atoms with Crippen LogP contribution in [0.15, 0.2) is 12.1 Å². The number of hydrogen-bond donors (Lipinski definition) is 2. The quantitative estimate of drug-likeness (QED) is 0.646. The van der Waals surface area contributed by atoms with E-state index in [4.69, 9.17) is 33.7 Å². The van der Waals surface area contributed by atoms with E-state index in [-0.39, 0.29) is 33.8 Å².